The number of benzene rings is 2. The largest absolute Gasteiger partial charge is 0.375 e. The lowest BCUT2D eigenvalue weighted by molar-refractivity contribution is -0.384. The van der Waals surface area contributed by atoms with E-state index in [1.54, 1.807) is 6.07 Å². The molecule has 0 unspecified atom stereocenters. The smallest absolute Gasteiger partial charge is 0.292 e. The van der Waals surface area contributed by atoms with Gasteiger partial charge in [-0.25, -0.2) is 12.8 Å². The molecule has 0 radical (unpaired) electrons. The average molecular weight is 417 g/mol. The van der Waals surface area contributed by atoms with Gasteiger partial charge in [0.15, 0.2) is 9.84 Å². The minimum absolute atomic E-state index is 0.0555. The van der Waals surface area contributed by atoms with E-state index >= 15 is 0 Å². The minimum atomic E-state index is -3.29. The van der Waals surface area contributed by atoms with Crippen molar-refractivity contribution in [2.45, 2.75) is 12.3 Å². The van der Waals surface area contributed by atoms with Crippen molar-refractivity contribution in [1.29, 1.82) is 0 Å². The van der Waals surface area contributed by atoms with Crippen molar-refractivity contribution >= 4 is 37.1 Å². The minimum Gasteiger partial charge on any atom is -0.375 e. The first-order chi connectivity index (χ1) is 11.2. The second-order valence-electron chi connectivity index (χ2n) is 5.26. The number of hydrogen-bond acceptors (Lipinski definition) is 5. The molecule has 9 heteroatoms. The SMILES string of the molecule is CS(=O)(=O)Cc1ccc(F)cc1CNc1cc(Br)ccc1[N+](=O)[O-]. The van der Waals surface area contributed by atoms with E-state index in [0.29, 0.717) is 15.6 Å². The summed E-state index contributed by atoms with van der Waals surface area (Å²) in [5.41, 5.74) is 1.00. The Morgan fingerprint density at radius 1 is 1.21 bits per heavy atom. The fourth-order valence-electron chi connectivity index (χ4n) is 2.18. The number of nitrogens with zero attached hydrogens (tertiary/aromatic N) is 1. The van der Waals surface area contributed by atoms with Gasteiger partial charge in [-0.2, -0.15) is 0 Å². The Bertz CT molecular complexity index is 887. The highest BCUT2D eigenvalue weighted by atomic mass is 79.9. The van der Waals surface area contributed by atoms with Crippen molar-refractivity contribution in [3.05, 3.63) is 67.9 Å². The second-order valence-corrected chi connectivity index (χ2v) is 8.31. The van der Waals surface area contributed by atoms with Crippen molar-refractivity contribution in [3.63, 3.8) is 0 Å². The number of rotatable bonds is 6. The van der Waals surface area contributed by atoms with Crippen LogP contribution in [0.4, 0.5) is 15.8 Å². The zero-order valence-corrected chi connectivity index (χ0v) is 15.0. The zero-order chi connectivity index (χ0) is 17.9. The van der Waals surface area contributed by atoms with E-state index in [0.717, 1.165) is 6.26 Å². The molecule has 0 saturated carbocycles. The van der Waals surface area contributed by atoms with Crippen LogP contribution in [0.25, 0.3) is 0 Å². The van der Waals surface area contributed by atoms with Gasteiger partial charge in [-0.1, -0.05) is 22.0 Å². The molecule has 0 aliphatic carbocycles. The number of sulfone groups is 1. The lowest BCUT2D eigenvalue weighted by Crippen LogP contribution is -2.09. The van der Waals surface area contributed by atoms with Crippen LogP contribution in [-0.4, -0.2) is 19.6 Å². The number of nitro groups is 1. The quantitative estimate of drug-likeness (QED) is 0.573. The molecule has 0 aliphatic rings. The molecule has 0 fully saturated rings. The highest BCUT2D eigenvalue weighted by molar-refractivity contribution is 9.10. The monoisotopic (exact) mass is 416 g/mol. The van der Waals surface area contributed by atoms with Crippen molar-refractivity contribution in [3.8, 4) is 0 Å². The van der Waals surface area contributed by atoms with Crippen LogP contribution >= 0.6 is 15.9 Å². The maximum Gasteiger partial charge on any atom is 0.292 e. The van der Waals surface area contributed by atoms with E-state index < -0.39 is 20.6 Å². The number of halogens is 2. The van der Waals surface area contributed by atoms with Crippen molar-refractivity contribution in [2.24, 2.45) is 0 Å². The van der Waals surface area contributed by atoms with Gasteiger partial charge in [-0.15, -0.1) is 0 Å². The third-order valence-electron chi connectivity index (χ3n) is 3.21. The van der Waals surface area contributed by atoms with E-state index in [1.807, 2.05) is 0 Å². The van der Waals surface area contributed by atoms with E-state index in [-0.39, 0.29) is 23.7 Å². The van der Waals surface area contributed by atoms with E-state index in [9.17, 15) is 22.9 Å². The van der Waals surface area contributed by atoms with Gasteiger partial charge in [0.25, 0.3) is 5.69 Å². The summed E-state index contributed by atoms with van der Waals surface area (Å²) in [7, 11) is -3.29. The summed E-state index contributed by atoms with van der Waals surface area (Å²) < 4.78 is 37.1. The van der Waals surface area contributed by atoms with Crippen LogP contribution in [0, 0.1) is 15.9 Å². The van der Waals surface area contributed by atoms with Gasteiger partial charge in [0, 0.05) is 23.3 Å². The second kappa shape index (κ2) is 7.27. The molecule has 0 saturated heterocycles. The van der Waals surface area contributed by atoms with Crippen LogP contribution in [0.3, 0.4) is 0 Å². The van der Waals surface area contributed by atoms with Gasteiger partial charge in [-0.05, 0) is 35.4 Å². The highest BCUT2D eigenvalue weighted by Gasteiger charge is 2.15. The molecule has 24 heavy (non-hydrogen) atoms. The van der Waals surface area contributed by atoms with E-state index in [2.05, 4.69) is 21.2 Å². The zero-order valence-electron chi connectivity index (χ0n) is 12.6. The van der Waals surface area contributed by atoms with Crippen LogP contribution < -0.4 is 5.32 Å². The van der Waals surface area contributed by atoms with Crippen molar-refractivity contribution in [1.82, 2.24) is 0 Å². The Morgan fingerprint density at radius 3 is 2.54 bits per heavy atom. The van der Waals surface area contributed by atoms with E-state index in [4.69, 9.17) is 0 Å². The molecule has 0 atom stereocenters. The summed E-state index contributed by atoms with van der Waals surface area (Å²) in [4.78, 5) is 10.5. The molecule has 0 bridgehead atoms. The molecule has 1 N–H and O–H groups in total. The maximum atomic E-state index is 13.5. The fourth-order valence-corrected chi connectivity index (χ4v) is 3.39. The first-order valence-corrected chi connectivity index (χ1v) is 9.64. The third-order valence-corrected chi connectivity index (χ3v) is 4.54. The molecule has 2 aromatic carbocycles. The summed E-state index contributed by atoms with van der Waals surface area (Å²) in [5.74, 6) is -0.738. The van der Waals surface area contributed by atoms with Crippen LogP contribution in [-0.2, 0) is 22.1 Å². The Hall–Kier alpha value is -2.00. The van der Waals surface area contributed by atoms with Gasteiger partial charge in [-0.3, -0.25) is 10.1 Å². The molecule has 6 nitrogen and oxygen atoms in total. The Kier molecular flexibility index (Phi) is 5.55. The maximum absolute atomic E-state index is 13.5. The third kappa shape index (κ3) is 5.00. The summed E-state index contributed by atoms with van der Waals surface area (Å²) in [6.45, 7) is 0.0555. The molecule has 0 spiro atoms. The molecule has 0 heterocycles. The van der Waals surface area contributed by atoms with Crippen molar-refractivity contribution in [2.75, 3.05) is 11.6 Å². The lowest BCUT2D eigenvalue weighted by Gasteiger charge is -2.12. The summed E-state index contributed by atoms with van der Waals surface area (Å²) in [6.07, 6.45) is 1.09. The van der Waals surface area contributed by atoms with Gasteiger partial charge >= 0.3 is 0 Å². The molecule has 2 aromatic rings. The highest BCUT2D eigenvalue weighted by Crippen LogP contribution is 2.28. The molecule has 0 aliphatic heterocycles. The molecule has 0 aromatic heterocycles. The fraction of sp³-hybridized carbons (Fsp3) is 0.200. The van der Waals surface area contributed by atoms with Gasteiger partial charge in [0.05, 0.1) is 10.7 Å². The van der Waals surface area contributed by atoms with Crippen LogP contribution in [0.5, 0.6) is 0 Å². The molecular weight excluding hydrogens is 403 g/mol. The first kappa shape index (κ1) is 18.3. The van der Waals surface area contributed by atoms with Crippen molar-refractivity contribution < 1.29 is 17.7 Å². The van der Waals surface area contributed by atoms with Crippen LogP contribution in [0.2, 0.25) is 0 Å². The van der Waals surface area contributed by atoms with Gasteiger partial charge in [0.1, 0.15) is 11.5 Å². The van der Waals surface area contributed by atoms with Crippen LogP contribution in [0.15, 0.2) is 40.9 Å². The van der Waals surface area contributed by atoms with E-state index in [1.165, 1.54) is 30.3 Å². The molecule has 0 amide bonds. The van der Waals surface area contributed by atoms with Gasteiger partial charge < -0.3 is 5.32 Å². The number of nitro benzene ring substituents is 1. The topological polar surface area (TPSA) is 89.3 Å². The Labute approximate surface area is 146 Å². The summed E-state index contributed by atoms with van der Waals surface area (Å²) >= 11 is 3.24. The standard InChI is InChI=1S/C15H14BrFN2O4S/c1-24(22,23)9-10-2-4-13(17)6-11(10)8-18-14-7-12(16)3-5-15(14)19(20)21/h2-7,18H,8-9H2,1H3. The predicted molar refractivity (Wildman–Crippen MR) is 93.1 cm³/mol. The molecular formula is C15H14BrFN2O4S. The molecule has 2 rings (SSSR count). The number of nitrogens with one attached hydrogen (secondary N) is 1. The normalized spacial score (nSPS) is 11.3. The number of hydrogen-bond donors (Lipinski definition) is 1. The summed E-state index contributed by atoms with van der Waals surface area (Å²) in [5, 5.41) is 13.9. The average Bonchev–Trinajstić information content (AvgIpc) is 2.46. The number of anilines is 1. The lowest BCUT2D eigenvalue weighted by atomic mass is 10.1. The Balaban J connectivity index is 2.31. The predicted octanol–water partition coefficient (Wildman–Crippen LogP) is 3.65. The van der Waals surface area contributed by atoms with Crippen LogP contribution in [0.1, 0.15) is 11.1 Å². The van der Waals surface area contributed by atoms with Gasteiger partial charge in [0.2, 0.25) is 0 Å². The Morgan fingerprint density at radius 2 is 1.92 bits per heavy atom. The summed E-state index contributed by atoms with van der Waals surface area (Å²) in [6, 6.07) is 8.23. The first-order valence-electron chi connectivity index (χ1n) is 6.78. The molecule has 128 valence electrons.